The van der Waals surface area contributed by atoms with E-state index in [-0.39, 0.29) is 23.3 Å². The molecule has 0 unspecified atom stereocenters. The van der Waals surface area contributed by atoms with Crippen molar-refractivity contribution in [3.05, 3.63) is 29.6 Å². The van der Waals surface area contributed by atoms with Gasteiger partial charge in [0.25, 0.3) is 5.91 Å². The minimum atomic E-state index is -0.534. The molecule has 94 valence electrons. The first-order chi connectivity index (χ1) is 7.97. The lowest BCUT2D eigenvalue weighted by molar-refractivity contribution is 0.0716. The number of alkyl halides is 1. The molecule has 0 saturated heterocycles. The molecule has 1 rings (SSSR count). The minimum absolute atomic E-state index is 0.000324. The molecular formula is C12H15BrFNO2. The van der Waals surface area contributed by atoms with Crippen LogP contribution < -0.4 is 0 Å². The summed E-state index contributed by atoms with van der Waals surface area (Å²) in [6, 6.07) is 3.36. The Hall–Kier alpha value is -1.10. The highest BCUT2D eigenvalue weighted by atomic mass is 79.9. The predicted molar refractivity (Wildman–Crippen MR) is 68.0 cm³/mol. The Morgan fingerprint density at radius 1 is 1.53 bits per heavy atom. The molecule has 0 aliphatic heterocycles. The first kappa shape index (κ1) is 14.0. The van der Waals surface area contributed by atoms with Crippen LogP contribution in [0.3, 0.4) is 0 Å². The zero-order chi connectivity index (χ0) is 13.0. The third-order valence-corrected chi connectivity index (χ3v) is 2.75. The number of aromatic hydroxyl groups is 1. The molecule has 0 aliphatic rings. The third-order valence-electron chi connectivity index (χ3n) is 2.40. The van der Waals surface area contributed by atoms with Crippen molar-refractivity contribution in [2.24, 2.45) is 0 Å². The number of phenolic OH excluding ortho intramolecular Hbond substituents is 1. The van der Waals surface area contributed by atoms with E-state index >= 15 is 0 Å². The number of halogens is 2. The second-order valence-corrected chi connectivity index (χ2v) is 4.74. The van der Waals surface area contributed by atoms with E-state index < -0.39 is 5.82 Å². The van der Waals surface area contributed by atoms with E-state index in [9.17, 15) is 14.3 Å². The van der Waals surface area contributed by atoms with Crippen molar-refractivity contribution in [2.45, 2.75) is 19.9 Å². The van der Waals surface area contributed by atoms with E-state index in [0.29, 0.717) is 11.9 Å². The molecule has 0 heterocycles. The van der Waals surface area contributed by atoms with E-state index in [2.05, 4.69) is 15.9 Å². The zero-order valence-corrected chi connectivity index (χ0v) is 11.4. The Balaban J connectivity index is 3.04. The van der Waals surface area contributed by atoms with Gasteiger partial charge in [0.15, 0.2) is 0 Å². The summed E-state index contributed by atoms with van der Waals surface area (Å²) in [4.78, 5) is 13.7. The summed E-state index contributed by atoms with van der Waals surface area (Å²) in [7, 11) is 0. The lowest BCUT2D eigenvalue weighted by Gasteiger charge is -2.26. The van der Waals surface area contributed by atoms with E-state index in [1.54, 1.807) is 4.90 Å². The van der Waals surface area contributed by atoms with Crippen LogP contribution in [0, 0.1) is 5.82 Å². The van der Waals surface area contributed by atoms with Crippen LogP contribution in [-0.2, 0) is 0 Å². The predicted octanol–water partition coefficient (Wildman–Crippen LogP) is 2.78. The fourth-order valence-electron chi connectivity index (χ4n) is 1.52. The second kappa shape index (κ2) is 6.00. The summed E-state index contributed by atoms with van der Waals surface area (Å²) < 4.78 is 13.1. The lowest BCUT2D eigenvalue weighted by Crippen LogP contribution is -2.38. The number of amides is 1. The molecule has 0 radical (unpaired) electrons. The van der Waals surface area contributed by atoms with Gasteiger partial charge in [-0.05, 0) is 32.0 Å². The monoisotopic (exact) mass is 303 g/mol. The number of carbonyl (C=O) groups is 1. The Kier molecular flexibility index (Phi) is 4.93. The van der Waals surface area contributed by atoms with E-state index in [1.165, 1.54) is 6.07 Å². The molecule has 0 fully saturated rings. The number of hydrogen-bond acceptors (Lipinski definition) is 2. The normalized spacial score (nSPS) is 10.6. The maximum Gasteiger partial charge on any atom is 0.257 e. The fraction of sp³-hybridized carbons (Fsp3) is 0.417. The summed E-state index contributed by atoms with van der Waals surface area (Å²) in [5.41, 5.74) is -0.000324. The van der Waals surface area contributed by atoms with Gasteiger partial charge in [-0.2, -0.15) is 0 Å². The van der Waals surface area contributed by atoms with Gasteiger partial charge in [-0.3, -0.25) is 4.79 Å². The van der Waals surface area contributed by atoms with Gasteiger partial charge in [-0.1, -0.05) is 15.9 Å². The largest absolute Gasteiger partial charge is 0.507 e. The number of carbonyl (C=O) groups excluding carboxylic acids is 1. The maximum atomic E-state index is 13.1. The summed E-state index contributed by atoms with van der Waals surface area (Å²) in [6.45, 7) is 4.25. The molecule has 1 amide bonds. The van der Waals surface area contributed by atoms with Crippen molar-refractivity contribution in [3.8, 4) is 5.75 Å². The molecular weight excluding hydrogens is 289 g/mol. The average molecular weight is 304 g/mol. The molecule has 0 saturated carbocycles. The molecule has 1 aromatic rings. The number of hydrogen-bond donors (Lipinski definition) is 1. The third kappa shape index (κ3) is 3.43. The van der Waals surface area contributed by atoms with Crippen molar-refractivity contribution in [1.29, 1.82) is 0 Å². The van der Waals surface area contributed by atoms with Gasteiger partial charge in [0.2, 0.25) is 0 Å². The van der Waals surface area contributed by atoms with Crippen molar-refractivity contribution in [1.82, 2.24) is 4.90 Å². The molecule has 17 heavy (non-hydrogen) atoms. The molecule has 0 aromatic heterocycles. The van der Waals surface area contributed by atoms with E-state index in [1.807, 2.05) is 13.8 Å². The van der Waals surface area contributed by atoms with Crippen LogP contribution in [0.15, 0.2) is 18.2 Å². The smallest absolute Gasteiger partial charge is 0.257 e. The Bertz CT molecular complexity index is 409. The van der Waals surface area contributed by atoms with Crippen molar-refractivity contribution >= 4 is 21.8 Å². The van der Waals surface area contributed by atoms with Crippen molar-refractivity contribution in [2.75, 3.05) is 11.9 Å². The van der Waals surface area contributed by atoms with Gasteiger partial charge in [-0.15, -0.1) is 0 Å². The average Bonchev–Trinajstić information content (AvgIpc) is 2.28. The molecule has 5 heteroatoms. The topological polar surface area (TPSA) is 40.5 Å². The van der Waals surface area contributed by atoms with E-state index in [4.69, 9.17) is 0 Å². The molecule has 0 aliphatic carbocycles. The van der Waals surface area contributed by atoms with Gasteiger partial charge >= 0.3 is 0 Å². The van der Waals surface area contributed by atoms with Crippen molar-refractivity contribution < 1.29 is 14.3 Å². The highest BCUT2D eigenvalue weighted by Gasteiger charge is 2.21. The highest BCUT2D eigenvalue weighted by Crippen LogP contribution is 2.20. The summed E-state index contributed by atoms with van der Waals surface area (Å²) in [5, 5.41) is 10.2. The van der Waals surface area contributed by atoms with Crippen LogP contribution in [0.25, 0.3) is 0 Å². The summed E-state index contributed by atoms with van der Waals surface area (Å²) in [6.07, 6.45) is 0. The minimum Gasteiger partial charge on any atom is -0.507 e. The number of phenols is 1. The van der Waals surface area contributed by atoms with Crippen molar-refractivity contribution in [3.63, 3.8) is 0 Å². The van der Waals surface area contributed by atoms with Crippen LogP contribution in [0.5, 0.6) is 5.75 Å². The van der Waals surface area contributed by atoms with Crippen LogP contribution in [0.2, 0.25) is 0 Å². The van der Waals surface area contributed by atoms with Gasteiger partial charge in [0, 0.05) is 17.9 Å². The molecule has 1 aromatic carbocycles. The highest BCUT2D eigenvalue weighted by molar-refractivity contribution is 9.09. The van der Waals surface area contributed by atoms with Crippen LogP contribution in [-0.4, -0.2) is 33.8 Å². The number of nitrogens with zero attached hydrogens (tertiary/aromatic N) is 1. The van der Waals surface area contributed by atoms with Crippen LogP contribution in [0.1, 0.15) is 24.2 Å². The lowest BCUT2D eigenvalue weighted by atomic mass is 10.1. The summed E-state index contributed by atoms with van der Waals surface area (Å²) >= 11 is 3.26. The van der Waals surface area contributed by atoms with Crippen LogP contribution >= 0.6 is 15.9 Å². The number of rotatable bonds is 4. The fourth-order valence-corrected chi connectivity index (χ4v) is 1.90. The van der Waals surface area contributed by atoms with Gasteiger partial charge in [-0.25, -0.2) is 4.39 Å². The zero-order valence-electron chi connectivity index (χ0n) is 9.78. The van der Waals surface area contributed by atoms with Gasteiger partial charge in [0.05, 0.1) is 5.56 Å². The van der Waals surface area contributed by atoms with Crippen LogP contribution in [0.4, 0.5) is 4.39 Å². The van der Waals surface area contributed by atoms with E-state index in [0.717, 1.165) is 12.1 Å². The molecule has 0 bridgehead atoms. The second-order valence-electron chi connectivity index (χ2n) is 3.94. The first-order valence-electron chi connectivity index (χ1n) is 5.32. The summed E-state index contributed by atoms with van der Waals surface area (Å²) in [5.74, 6) is -1.10. The number of benzene rings is 1. The standard InChI is InChI=1S/C12H15BrFNO2/c1-8(2)15(6-5-13)12(17)10-7-9(14)3-4-11(10)16/h3-4,7-8,16H,5-6H2,1-2H3. The Morgan fingerprint density at radius 3 is 2.71 bits per heavy atom. The molecule has 0 spiro atoms. The Morgan fingerprint density at radius 2 is 2.18 bits per heavy atom. The quantitative estimate of drug-likeness (QED) is 0.869. The molecule has 3 nitrogen and oxygen atoms in total. The molecule has 1 N–H and O–H groups in total. The maximum absolute atomic E-state index is 13.1. The first-order valence-corrected chi connectivity index (χ1v) is 6.45. The van der Waals surface area contributed by atoms with Gasteiger partial charge in [0.1, 0.15) is 11.6 Å². The van der Waals surface area contributed by atoms with Gasteiger partial charge < -0.3 is 10.0 Å². The SMILES string of the molecule is CC(C)N(CCBr)C(=O)c1cc(F)ccc1O. The Labute approximate surface area is 108 Å². The molecule has 0 atom stereocenters.